The summed E-state index contributed by atoms with van der Waals surface area (Å²) in [6, 6.07) is 9.68. The maximum atomic E-state index is 13.6. The molecule has 0 spiro atoms. The van der Waals surface area contributed by atoms with E-state index in [-0.39, 0.29) is 17.1 Å². The van der Waals surface area contributed by atoms with E-state index in [9.17, 15) is 9.18 Å². The van der Waals surface area contributed by atoms with Gasteiger partial charge in [0.1, 0.15) is 17.3 Å². The summed E-state index contributed by atoms with van der Waals surface area (Å²) in [6.07, 6.45) is 0. The van der Waals surface area contributed by atoms with Crippen LogP contribution in [0, 0.1) is 5.82 Å². The molecule has 3 aromatic rings. The van der Waals surface area contributed by atoms with Gasteiger partial charge in [0.05, 0.1) is 17.1 Å². The lowest BCUT2D eigenvalue weighted by Gasteiger charge is -2.06. The van der Waals surface area contributed by atoms with Crippen LogP contribution in [0.3, 0.4) is 0 Å². The minimum Gasteiger partial charge on any atom is -0.459 e. The Hall–Kier alpha value is -2.11. The van der Waals surface area contributed by atoms with E-state index in [1.807, 2.05) is 22.9 Å². The van der Waals surface area contributed by atoms with Crippen molar-refractivity contribution in [2.45, 2.75) is 6.54 Å². The van der Waals surface area contributed by atoms with Gasteiger partial charge in [0.2, 0.25) is 0 Å². The summed E-state index contributed by atoms with van der Waals surface area (Å²) in [5, 5.41) is 6.61. The van der Waals surface area contributed by atoms with Crippen molar-refractivity contribution in [3.05, 3.63) is 69.3 Å². The van der Waals surface area contributed by atoms with Gasteiger partial charge in [-0.1, -0.05) is 17.7 Å². The van der Waals surface area contributed by atoms with Crippen molar-refractivity contribution in [2.24, 2.45) is 0 Å². The summed E-state index contributed by atoms with van der Waals surface area (Å²) < 4.78 is 19.3. The maximum absolute atomic E-state index is 13.6. The molecule has 0 unspecified atom stereocenters. The SMILES string of the molecule is O=C(NCc1ccc(-c2ccsc2)o1)c1c(F)cccc1Cl. The Morgan fingerprint density at radius 3 is 2.86 bits per heavy atom. The number of hydrogen-bond acceptors (Lipinski definition) is 3. The Bertz CT molecular complexity index is 778. The third kappa shape index (κ3) is 3.05. The smallest absolute Gasteiger partial charge is 0.256 e. The number of halogens is 2. The molecular weight excluding hydrogens is 325 g/mol. The van der Waals surface area contributed by atoms with Crippen LogP contribution in [0.1, 0.15) is 16.1 Å². The molecule has 0 bridgehead atoms. The molecular formula is C16H11ClFNO2S. The van der Waals surface area contributed by atoms with Gasteiger partial charge in [0.15, 0.2) is 0 Å². The molecule has 0 saturated carbocycles. The van der Waals surface area contributed by atoms with E-state index in [1.54, 1.807) is 17.4 Å². The molecule has 3 rings (SSSR count). The van der Waals surface area contributed by atoms with Gasteiger partial charge in [-0.25, -0.2) is 4.39 Å². The van der Waals surface area contributed by atoms with E-state index in [0.717, 1.165) is 11.3 Å². The lowest BCUT2D eigenvalue weighted by molar-refractivity contribution is 0.0944. The number of benzene rings is 1. The van der Waals surface area contributed by atoms with Crippen molar-refractivity contribution in [2.75, 3.05) is 0 Å². The zero-order valence-corrected chi connectivity index (χ0v) is 12.9. The molecule has 112 valence electrons. The van der Waals surface area contributed by atoms with Gasteiger partial charge >= 0.3 is 0 Å². The van der Waals surface area contributed by atoms with Crippen LogP contribution < -0.4 is 5.32 Å². The Morgan fingerprint density at radius 2 is 2.14 bits per heavy atom. The number of thiophene rings is 1. The summed E-state index contributed by atoms with van der Waals surface area (Å²) in [5.41, 5.74) is 0.827. The average Bonchev–Trinajstić information content (AvgIpc) is 3.16. The fourth-order valence-corrected chi connectivity index (χ4v) is 2.90. The van der Waals surface area contributed by atoms with Crippen LogP contribution >= 0.6 is 22.9 Å². The highest BCUT2D eigenvalue weighted by Crippen LogP contribution is 2.24. The van der Waals surface area contributed by atoms with Gasteiger partial charge in [-0.2, -0.15) is 11.3 Å². The summed E-state index contributed by atoms with van der Waals surface area (Å²) in [6.45, 7) is 0.160. The topological polar surface area (TPSA) is 42.2 Å². The Balaban J connectivity index is 1.69. The molecule has 0 atom stereocenters. The molecule has 3 nitrogen and oxygen atoms in total. The summed E-state index contributed by atoms with van der Waals surface area (Å²) in [4.78, 5) is 12.0. The zero-order valence-electron chi connectivity index (χ0n) is 11.3. The average molecular weight is 336 g/mol. The molecule has 2 aromatic heterocycles. The number of furan rings is 1. The number of hydrogen-bond donors (Lipinski definition) is 1. The first-order chi connectivity index (χ1) is 10.6. The second-order valence-electron chi connectivity index (χ2n) is 4.56. The Kier molecular flexibility index (Phi) is 4.27. The summed E-state index contributed by atoms with van der Waals surface area (Å²) in [5.74, 6) is 0.0939. The minimum absolute atomic E-state index is 0.0795. The second kappa shape index (κ2) is 6.34. The van der Waals surface area contributed by atoms with Gasteiger partial charge in [-0.05, 0) is 35.7 Å². The number of carbonyl (C=O) groups is 1. The highest BCUT2D eigenvalue weighted by Gasteiger charge is 2.16. The second-order valence-corrected chi connectivity index (χ2v) is 5.74. The summed E-state index contributed by atoms with van der Waals surface area (Å²) >= 11 is 7.43. The van der Waals surface area contributed by atoms with Gasteiger partial charge in [0.25, 0.3) is 5.91 Å². The molecule has 0 radical (unpaired) electrons. The molecule has 22 heavy (non-hydrogen) atoms. The normalized spacial score (nSPS) is 10.6. The number of rotatable bonds is 4. The standard InChI is InChI=1S/C16H11ClFNO2S/c17-12-2-1-3-13(18)15(12)16(20)19-8-11-4-5-14(21-11)10-6-7-22-9-10/h1-7,9H,8H2,(H,19,20). The fraction of sp³-hybridized carbons (Fsp3) is 0.0625. The van der Waals surface area contributed by atoms with Crippen LogP contribution in [-0.4, -0.2) is 5.91 Å². The quantitative estimate of drug-likeness (QED) is 0.749. The van der Waals surface area contributed by atoms with Gasteiger partial charge in [-0.15, -0.1) is 0 Å². The third-order valence-electron chi connectivity index (χ3n) is 3.08. The van der Waals surface area contributed by atoms with Crippen molar-refractivity contribution in [3.8, 4) is 11.3 Å². The molecule has 1 amide bonds. The first-order valence-electron chi connectivity index (χ1n) is 6.48. The number of amides is 1. The first-order valence-corrected chi connectivity index (χ1v) is 7.81. The first kappa shape index (κ1) is 14.8. The summed E-state index contributed by atoms with van der Waals surface area (Å²) in [7, 11) is 0. The molecule has 1 aromatic carbocycles. The van der Waals surface area contributed by atoms with Crippen LogP contribution in [0.5, 0.6) is 0 Å². The van der Waals surface area contributed by atoms with E-state index in [2.05, 4.69) is 5.32 Å². The van der Waals surface area contributed by atoms with E-state index < -0.39 is 11.7 Å². The van der Waals surface area contributed by atoms with Crippen LogP contribution in [0.25, 0.3) is 11.3 Å². The number of nitrogens with one attached hydrogen (secondary N) is 1. The highest BCUT2D eigenvalue weighted by molar-refractivity contribution is 7.08. The van der Waals surface area contributed by atoms with Crippen molar-refractivity contribution in [3.63, 3.8) is 0 Å². The predicted molar refractivity (Wildman–Crippen MR) is 84.6 cm³/mol. The van der Waals surface area contributed by atoms with Gasteiger partial charge < -0.3 is 9.73 Å². The Labute approximate surface area is 135 Å². The molecule has 1 N–H and O–H groups in total. The van der Waals surface area contributed by atoms with Crippen LogP contribution in [0.2, 0.25) is 5.02 Å². The predicted octanol–water partition coefficient (Wildman–Crippen LogP) is 4.73. The van der Waals surface area contributed by atoms with Crippen molar-refractivity contribution in [1.29, 1.82) is 0 Å². The molecule has 2 heterocycles. The largest absolute Gasteiger partial charge is 0.459 e. The van der Waals surface area contributed by atoms with E-state index in [0.29, 0.717) is 5.76 Å². The Morgan fingerprint density at radius 1 is 1.27 bits per heavy atom. The molecule has 0 fully saturated rings. The van der Waals surface area contributed by atoms with Crippen molar-refractivity contribution < 1.29 is 13.6 Å². The maximum Gasteiger partial charge on any atom is 0.256 e. The van der Waals surface area contributed by atoms with Crippen molar-refractivity contribution >= 4 is 28.8 Å². The lowest BCUT2D eigenvalue weighted by atomic mass is 10.2. The number of carbonyl (C=O) groups excluding carboxylic acids is 1. The zero-order chi connectivity index (χ0) is 15.5. The molecule has 0 aliphatic rings. The third-order valence-corrected chi connectivity index (χ3v) is 4.08. The molecule has 6 heteroatoms. The molecule has 0 aliphatic carbocycles. The van der Waals surface area contributed by atoms with E-state index in [1.165, 1.54) is 18.2 Å². The van der Waals surface area contributed by atoms with Crippen molar-refractivity contribution in [1.82, 2.24) is 5.32 Å². The van der Waals surface area contributed by atoms with Gasteiger partial charge in [0, 0.05) is 10.9 Å². The lowest BCUT2D eigenvalue weighted by Crippen LogP contribution is -2.24. The van der Waals surface area contributed by atoms with E-state index in [4.69, 9.17) is 16.0 Å². The van der Waals surface area contributed by atoms with Crippen LogP contribution in [0.15, 0.2) is 51.6 Å². The van der Waals surface area contributed by atoms with E-state index >= 15 is 0 Å². The molecule has 0 saturated heterocycles. The highest BCUT2D eigenvalue weighted by atomic mass is 35.5. The molecule has 0 aliphatic heterocycles. The monoisotopic (exact) mass is 335 g/mol. The van der Waals surface area contributed by atoms with Crippen LogP contribution in [-0.2, 0) is 6.54 Å². The minimum atomic E-state index is -0.650. The fourth-order valence-electron chi connectivity index (χ4n) is 2.00. The van der Waals surface area contributed by atoms with Gasteiger partial charge in [-0.3, -0.25) is 4.79 Å². The van der Waals surface area contributed by atoms with Crippen LogP contribution in [0.4, 0.5) is 4.39 Å².